The van der Waals surface area contributed by atoms with Gasteiger partial charge in [-0.05, 0) is 25.5 Å². The van der Waals surface area contributed by atoms with Crippen LogP contribution in [0, 0.1) is 18.6 Å². The molecule has 2 atom stereocenters. The third-order valence-electron chi connectivity index (χ3n) is 2.95. The zero-order chi connectivity index (χ0) is 14.1. The zero-order valence-electron chi connectivity index (χ0n) is 10.4. The van der Waals surface area contributed by atoms with Crippen LogP contribution in [0.3, 0.4) is 0 Å². The van der Waals surface area contributed by atoms with Crippen molar-refractivity contribution in [3.63, 3.8) is 0 Å². The Hall–Kier alpha value is -1.05. The van der Waals surface area contributed by atoms with Crippen LogP contribution in [0.1, 0.15) is 24.1 Å². The monoisotopic (exact) mass is 278 g/mol. The summed E-state index contributed by atoms with van der Waals surface area (Å²) in [4.78, 5) is 0. The van der Waals surface area contributed by atoms with E-state index in [0.717, 1.165) is 12.3 Å². The molecule has 0 aliphatic rings. The molecule has 0 bridgehead atoms. The van der Waals surface area contributed by atoms with E-state index in [4.69, 9.17) is 5.84 Å². The van der Waals surface area contributed by atoms with Crippen molar-refractivity contribution in [2.24, 2.45) is 5.84 Å². The molecule has 18 heavy (non-hydrogen) atoms. The molecule has 2 unspecified atom stereocenters. The SMILES string of the molecule is Cc1ccc(F)c(C(NN)C(C)S(C)(=O)=O)c1F. The summed E-state index contributed by atoms with van der Waals surface area (Å²) in [6, 6.07) is 1.24. The second-order valence-corrected chi connectivity index (χ2v) is 6.67. The third kappa shape index (κ3) is 2.85. The summed E-state index contributed by atoms with van der Waals surface area (Å²) < 4.78 is 50.5. The van der Waals surface area contributed by atoms with E-state index in [2.05, 4.69) is 5.43 Å². The van der Waals surface area contributed by atoms with Crippen molar-refractivity contribution >= 4 is 9.84 Å². The maximum Gasteiger partial charge on any atom is 0.151 e. The number of aryl methyl sites for hydroxylation is 1. The highest BCUT2D eigenvalue weighted by atomic mass is 32.2. The van der Waals surface area contributed by atoms with Gasteiger partial charge in [0.05, 0.1) is 11.3 Å². The van der Waals surface area contributed by atoms with Crippen LogP contribution in [-0.2, 0) is 9.84 Å². The minimum atomic E-state index is -3.48. The van der Waals surface area contributed by atoms with Gasteiger partial charge in [-0.15, -0.1) is 0 Å². The van der Waals surface area contributed by atoms with Crippen molar-refractivity contribution in [2.75, 3.05) is 6.26 Å². The molecule has 3 N–H and O–H groups in total. The molecular weight excluding hydrogens is 262 g/mol. The molecule has 1 aromatic rings. The predicted molar refractivity (Wildman–Crippen MR) is 65.5 cm³/mol. The number of hydrogen-bond acceptors (Lipinski definition) is 4. The first-order valence-corrected chi connectivity index (χ1v) is 7.25. The highest BCUT2D eigenvalue weighted by molar-refractivity contribution is 7.91. The van der Waals surface area contributed by atoms with Crippen LogP contribution in [0.5, 0.6) is 0 Å². The van der Waals surface area contributed by atoms with E-state index in [1.807, 2.05) is 0 Å². The maximum atomic E-state index is 13.9. The number of hydrogen-bond donors (Lipinski definition) is 2. The molecule has 0 spiro atoms. The van der Waals surface area contributed by atoms with Gasteiger partial charge < -0.3 is 0 Å². The van der Waals surface area contributed by atoms with Crippen LogP contribution in [0.4, 0.5) is 8.78 Å². The topological polar surface area (TPSA) is 72.2 Å². The molecule has 7 heteroatoms. The number of halogens is 2. The lowest BCUT2D eigenvalue weighted by atomic mass is 10.0. The lowest BCUT2D eigenvalue weighted by Crippen LogP contribution is -2.40. The van der Waals surface area contributed by atoms with Crippen molar-refractivity contribution in [3.05, 3.63) is 34.9 Å². The van der Waals surface area contributed by atoms with E-state index in [1.54, 1.807) is 0 Å². The van der Waals surface area contributed by atoms with Crippen LogP contribution in [-0.4, -0.2) is 19.9 Å². The summed E-state index contributed by atoms with van der Waals surface area (Å²) in [5.74, 6) is 3.64. The molecule has 0 aliphatic carbocycles. The predicted octanol–water partition coefficient (Wildman–Crippen LogP) is 1.21. The molecule has 4 nitrogen and oxygen atoms in total. The smallest absolute Gasteiger partial charge is 0.151 e. The number of nitrogens with one attached hydrogen (secondary N) is 1. The zero-order valence-corrected chi connectivity index (χ0v) is 11.2. The first kappa shape index (κ1) is 15.0. The van der Waals surface area contributed by atoms with Gasteiger partial charge in [0, 0.05) is 11.8 Å². The van der Waals surface area contributed by atoms with Crippen molar-refractivity contribution < 1.29 is 17.2 Å². The van der Waals surface area contributed by atoms with Crippen LogP contribution in [0.25, 0.3) is 0 Å². The fourth-order valence-corrected chi connectivity index (χ4v) is 2.37. The Morgan fingerprint density at radius 2 is 1.89 bits per heavy atom. The van der Waals surface area contributed by atoms with Gasteiger partial charge in [-0.2, -0.15) is 0 Å². The number of hydrazine groups is 1. The molecule has 0 saturated heterocycles. The van der Waals surface area contributed by atoms with Gasteiger partial charge in [-0.3, -0.25) is 11.3 Å². The van der Waals surface area contributed by atoms with E-state index in [9.17, 15) is 17.2 Å². The maximum absolute atomic E-state index is 13.9. The van der Waals surface area contributed by atoms with Gasteiger partial charge in [-0.25, -0.2) is 17.2 Å². The summed E-state index contributed by atoms with van der Waals surface area (Å²) in [5, 5.41) is -1.05. The lowest BCUT2D eigenvalue weighted by molar-refractivity contribution is 0.457. The molecule has 0 saturated carbocycles. The molecule has 0 radical (unpaired) electrons. The summed E-state index contributed by atoms with van der Waals surface area (Å²) in [6.45, 7) is 2.82. The van der Waals surface area contributed by atoms with Gasteiger partial charge >= 0.3 is 0 Å². The Morgan fingerprint density at radius 3 is 2.33 bits per heavy atom. The van der Waals surface area contributed by atoms with Crippen molar-refractivity contribution in [1.82, 2.24) is 5.43 Å². The summed E-state index contributed by atoms with van der Waals surface area (Å²) >= 11 is 0. The standard InChI is InChI=1S/C11H16F2N2O2S/c1-6-4-5-8(12)9(10(6)13)11(15-14)7(2)18(3,16)17/h4-5,7,11,15H,14H2,1-3H3. The summed E-state index contributed by atoms with van der Waals surface area (Å²) in [7, 11) is -3.48. The van der Waals surface area contributed by atoms with Gasteiger partial charge in [0.2, 0.25) is 0 Å². The van der Waals surface area contributed by atoms with Gasteiger partial charge in [0.15, 0.2) is 9.84 Å². The molecule has 0 fully saturated rings. The number of nitrogens with two attached hydrogens (primary N) is 1. The minimum absolute atomic E-state index is 0.229. The molecule has 1 aromatic carbocycles. The second-order valence-electron chi connectivity index (χ2n) is 4.27. The Kier molecular flexibility index (Phi) is 4.41. The fourth-order valence-electron chi connectivity index (χ4n) is 1.66. The Bertz CT molecular complexity index is 546. The Labute approximate surface area is 105 Å². The van der Waals surface area contributed by atoms with Crippen LogP contribution in [0.15, 0.2) is 12.1 Å². The number of benzene rings is 1. The first-order chi connectivity index (χ1) is 8.20. The fraction of sp³-hybridized carbons (Fsp3) is 0.455. The molecule has 0 aromatic heterocycles. The van der Waals surface area contributed by atoms with Gasteiger partial charge in [0.1, 0.15) is 11.6 Å². The molecule has 0 amide bonds. The number of sulfone groups is 1. The minimum Gasteiger partial charge on any atom is -0.271 e. The van der Waals surface area contributed by atoms with Crippen molar-refractivity contribution in [1.29, 1.82) is 0 Å². The van der Waals surface area contributed by atoms with E-state index in [0.29, 0.717) is 0 Å². The average molecular weight is 278 g/mol. The van der Waals surface area contributed by atoms with Crippen molar-refractivity contribution in [2.45, 2.75) is 25.1 Å². The molecule has 102 valence electrons. The van der Waals surface area contributed by atoms with Crippen LogP contribution >= 0.6 is 0 Å². The summed E-state index contributed by atoms with van der Waals surface area (Å²) in [6.07, 6.45) is 0.994. The molecular formula is C11H16F2N2O2S. The number of rotatable bonds is 4. The molecule has 1 rings (SSSR count). The highest BCUT2D eigenvalue weighted by Crippen LogP contribution is 2.27. The molecule has 0 aliphatic heterocycles. The van der Waals surface area contributed by atoms with Gasteiger partial charge in [-0.1, -0.05) is 6.07 Å². The Balaban J connectivity index is 3.39. The van der Waals surface area contributed by atoms with Crippen LogP contribution in [0.2, 0.25) is 0 Å². The average Bonchev–Trinajstić information content (AvgIpc) is 2.27. The van der Waals surface area contributed by atoms with Crippen molar-refractivity contribution in [3.8, 4) is 0 Å². The first-order valence-electron chi connectivity index (χ1n) is 5.29. The molecule has 0 heterocycles. The van der Waals surface area contributed by atoms with E-state index in [1.165, 1.54) is 19.9 Å². The Morgan fingerprint density at radius 1 is 1.33 bits per heavy atom. The lowest BCUT2D eigenvalue weighted by Gasteiger charge is -2.23. The van der Waals surface area contributed by atoms with E-state index >= 15 is 0 Å². The largest absolute Gasteiger partial charge is 0.271 e. The highest BCUT2D eigenvalue weighted by Gasteiger charge is 2.31. The quantitative estimate of drug-likeness (QED) is 0.641. The van der Waals surface area contributed by atoms with Gasteiger partial charge in [0.25, 0.3) is 0 Å². The second kappa shape index (κ2) is 5.29. The van der Waals surface area contributed by atoms with E-state index in [-0.39, 0.29) is 11.1 Å². The van der Waals surface area contributed by atoms with Crippen LogP contribution < -0.4 is 11.3 Å². The summed E-state index contributed by atoms with van der Waals surface area (Å²) in [5.41, 5.74) is 2.05. The third-order valence-corrected chi connectivity index (χ3v) is 4.58. The normalized spacial score (nSPS) is 15.4. The van der Waals surface area contributed by atoms with E-state index < -0.39 is 32.8 Å².